The molecule has 2 heteroatoms. The maximum absolute atomic E-state index is 3.92. The Hall–Kier alpha value is -0.120. The highest BCUT2D eigenvalue weighted by Crippen LogP contribution is 2.02. The summed E-state index contributed by atoms with van der Waals surface area (Å²) < 4.78 is 1.18. The molecule has 0 aliphatic rings. The first-order chi connectivity index (χ1) is 3.79. The maximum atomic E-state index is 3.92. The highest BCUT2D eigenvalue weighted by Gasteiger charge is 1.83. The summed E-state index contributed by atoms with van der Waals surface area (Å²) in [5.41, 5.74) is 0.830. The van der Waals surface area contributed by atoms with Gasteiger partial charge in [0.25, 0.3) is 0 Å². The van der Waals surface area contributed by atoms with Crippen molar-refractivity contribution in [1.29, 1.82) is 0 Å². The third-order valence-electron chi connectivity index (χ3n) is 0.779. The standard InChI is InChI=1S/C6H5IN/c1-5-4-6(7)2-3-8-5/h2-4H,1H2. The van der Waals surface area contributed by atoms with Gasteiger partial charge >= 0.3 is 0 Å². The van der Waals surface area contributed by atoms with E-state index in [0.717, 1.165) is 5.69 Å². The minimum Gasteiger partial charge on any atom is -0.261 e. The van der Waals surface area contributed by atoms with Gasteiger partial charge in [0.15, 0.2) is 0 Å². The SMILES string of the molecule is [CH2]c1cc(I)ccn1. The molecule has 1 radical (unpaired) electrons. The molecule has 0 N–H and O–H groups in total. The van der Waals surface area contributed by atoms with Crippen molar-refractivity contribution < 1.29 is 0 Å². The van der Waals surface area contributed by atoms with E-state index in [4.69, 9.17) is 0 Å². The summed E-state index contributed by atoms with van der Waals surface area (Å²) in [6.07, 6.45) is 1.75. The number of aromatic nitrogens is 1. The minimum atomic E-state index is 0.830. The molecular formula is C6H5IN. The fraction of sp³-hybridized carbons (Fsp3) is 0. The first-order valence-electron chi connectivity index (χ1n) is 2.22. The summed E-state index contributed by atoms with van der Waals surface area (Å²) in [7, 11) is 0. The van der Waals surface area contributed by atoms with Gasteiger partial charge in [-0.3, -0.25) is 4.98 Å². The quantitative estimate of drug-likeness (QED) is 0.605. The average molecular weight is 218 g/mol. The Balaban J connectivity index is 3.08. The van der Waals surface area contributed by atoms with Crippen LogP contribution in [0.3, 0.4) is 0 Å². The van der Waals surface area contributed by atoms with E-state index in [9.17, 15) is 0 Å². The third-order valence-corrected chi connectivity index (χ3v) is 1.45. The first-order valence-corrected chi connectivity index (χ1v) is 3.30. The van der Waals surface area contributed by atoms with Crippen molar-refractivity contribution in [3.05, 3.63) is 34.5 Å². The van der Waals surface area contributed by atoms with Gasteiger partial charge in [0.1, 0.15) is 0 Å². The van der Waals surface area contributed by atoms with Gasteiger partial charge < -0.3 is 0 Å². The van der Waals surface area contributed by atoms with Crippen molar-refractivity contribution in [3.8, 4) is 0 Å². The van der Waals surface area contributed by atoms with Crippen molar-refractivity contribution in [2.45, 2.75) is 0 Å². The van der Waals surface area contributed by atoms with Gasteiger partial charge in [-0.2, -0.15) is 0 Å². The summed E-state index contributed by atoms with van der Waals surface area (Å²) in [5.74, 6) is 0. The topological polar surface area (TPSA) is 12.9 Å². The molecule has 0 aliphatic heterocycles. The van der Waals surface area contributed by atoms with Crippen LogP contribution in [-0.4, -0.2) is 4.98 Å². The molecule has 1 heterocycles. The van der Waals surface area contributed by atoms with Crippen LogP contribution in [0.25, 0.3) is 0 Å². The lowest BCUT2D eigenvalue weighted by Crippen LogP contribution is -1.78. The second-order valence-electron chi connectivity index (χ2n) is 1.47. The van der Waals surface area contributed by atoms with Gasteiger partial charge in [0.05, 0.1) is 0 Å². The Bertz CT molecular complexity index is 168. The van der Waals surface area contributed by atoms with Crippen LogP contribution in [0.4, 0.5) is 0 Å². The summed E-state index contributed by atoms with van der Waals surface area (Å²) >= 11 is 2.23. The number of rotatable bonds is 0. The molecule has 41 valence electrons. The van der Waals surface area contributed by atoms with E-state index in [0.29, 0.717) is 0 Å². The molecule has 1 aromatic rings. The van der Waals surface area contributed by atoms with Crippen LogP contribution < -0.4 is 0 Å². The van der Waals surface area contributed by atoms with Gasteiger partial charge in [-0.05, 0) is 41.6 Å². The third kappa shape index (κ3) is 1.43. The fourth-order valence-corrected chi connectivity index (χ4v) is 0.969. The van der Waals surface area contributed by atoms with Gasteiger partial charge in [-0.15, -0.1) is 0 Å². The van der Waals surface area contributed by atoms with Crippen molar-refractivity contribution in [2.75, 3.05) is 0 Å². The monoisotopic (exact) mass is 218 g/mol. The lowest BCUT2D eigenvalue weighted by molar-refractivity contribution is 1.26. The highest BCUT2D eigenvalue weighted by molar-refractivity contribution is 14.1. The van der Waals surface area contributed by atoms with E-state index in [1.54, 1.807) is 6.20 Å². The molecule has 0 fully saturated rings. The Kier molecular flexibility index (Phi) is 1.83. The lowest BCUT2D eigenvalue weighted by atomic mass is 10.4. The Labute approximate surface area is 62.3 Å². The van der Waals surface area contributed by atoms with E-state index in [2.05, 4.69) is 34.5 Å². The molecule has 0 aliphatic carbocycles. The molecule has 0 bridgehead atoms. The second-order valence-corrected chi connectivity index (χ2v) is 2.71. The van der Waals surface area contributed by atoms with E-state index in [1.807, 2.05) is 12.1 Å². The minimum absolute atomic E-state index is 0.830. The maximum Gasteiger partial charge on any atom is 0.0418 e. The summed E-state index contributed by atoms with van der Waals surface area (Å²) in [4.78, 5) is 3.92. The predicted octanol–water partition coefficient (Wildman–Crippen LogP) is 1.87. The van der Waals surface area contributed by atoms with Crippen LogP contribution in [0.5, 0.6) is 0 Å². The second kappa shape index (κ2) is 2.44. The van der Waals surface area contributed by atoms with Crippen molar-refractivity contribution >= 4 is 22.6 Å². The van der Waals surface area contributed by atoms with Gasteiger partial charge in [-0.1, -0.05) is 0 Å². The molecule has 0 unspecified atom stereocenters. The zero-order valence-corrected chi connectivity index (χ0v) is 6.42. The van der Waals surface area contributed by atoms with E-state index < -0.39 is 0 Å². The fourth-order valence-electron chi connectivity index (χ4n) is 0.449. The van der Waals surface area contributed by atoms with Gasteiger partial charge in [-0.25, -0.2) is 0 Å². The van der Waals surface area contributed by atoms with E-state index >= 15 is 0 Å². The Morgan fingerprint density at radius 3 is 2.75 bits per heavy atom. The lowest BCUT2D eigenvalue weighted by Gasteiger charge is -1.88. The van der Waals surface area contributed by atoms with Crippen LogP contribution in [0.15, 0.2) is 18.3 Å². The predicted molar refractivity (Wildman–Crippen MR) is 41.4 cm³/mol. The van der Waals surface area contributed by atoms with Crippen molar-refractivity contribution in [1.82, 2.24) is 4.98 Å². The van der Waals surface area contributed by atoms with Gasteiger partial charge in [0, 0.05) is 15.5 Å². The Morgan fingerprint density at radius 1 is 1.62 bits per heavy atom. The summed E-state index contributed by atoms with van der Waals surface area (Å²) in [5, 5.41) is 0. The largest absolute Gasteiger partial charge is 0.261 e. The van der Waals surface area contributed by atoms with Crippen LogP contribution in [0.1, 0.15) is 5.69 Å². The van der Waals surface area contributed by atoms with E-state index in [-0.39, 0.29) is 0 Å². The molecule has 0 atom stereocenters. The highest BCUT2D eigenvalue weighted by atomic mass is 127. The molecule has 1 aromatic heterocycles. The van der Waals surface area contributed by atoms with Crippen LogP contribution in [0, 0.1) is 10.5 Å². The molecule has 0 saturated carbocycles. The molecule has 0 amide bonds. The molecule has 1 nitrogen and oxygen atoms in total. The zero-order chi connectivity index (χ0) is 5.98. The molecule has 1 rings (SSSR count). The van der Waals surface area contributed by atoms with Crippen molar-refractivity contribution in [2.24, 2.45) is 0 Å². The normalized spacial score (nSPS) is 9.25. The van der Waals surface area contributed by atoms with Crippen LogP contribution in [-0.2, 0) is 0 Å². The number of nitrogens with zero attached hydrogens (tertiary/aromatic N) is 1. The smallest absolute Gasteiger partial charge is 0.0418 e. The molecule has 0 aromatic carbocycles. The summed E-state index contributed by atoms with van der Waals surface area (Å²) in [6.45, 7) is 3.67. The number of hydrogen-bond donors (Lipinski definition) is 0. The molecular weight excluding hydrogens is 213 g/mol. The number of halogens is 1. The average Bonchev–Trinajstić information content (AvgIpc) is 1.64. The van der Waals surface area contributed by atoms with Crippen molar-refractivity contribution in [3.63, 3.8) is 0 Å². The van der Waals surface area contributed by atoms with Crippen LogP contribution in [0.2, 0.25) is 0 Å². The molecule has 0 spiro atoms. The van der Waals surface area contributed by atoms with Gasteiger partial charge in [0.2, 0.25) is 0 Å². The summed E-state index contributed by atoms with van der Waals surface area (Å²) in [6, 6.07) is 3.87. The van der Waals surface area contributed by atoms with Crippen LogP contribution >= 0.6 is 22.6 Å². The Morgan fingerprint density at radius 2 is 2.38 bits per heavy atom. The first kappa shape index (κ1) is 6.01. The molecule has 8 heavy (non-hydrogen) atoms. The molecule has 0 saturated heterocycles. The number of pyridine rings is 1. The van der Waals surface area contributed by atoms with E-state index in [1.165, 1.54) is 3.57 Å². The zero-order valence-electron chi connectivity index (χ0n) is 4.26. The number of hydrogen-bond acceptors (Lipinski definition) is 1.